The molecule has 5 aromatic rings. The maximum atomic E-state index is 12.7. The average Bonchev–Trinajstić information content (AvgIpc) is 3.52. The smallest absolute Gasteiger partial charge is 0.410 e. The monoisotopic (exact) mass is 595 g/mol. The van der Waals surface area contributed by atoms with E-state index in [1.54, 1.807) is 6.20 Å². The minimum atomic E-state index is -0.694. The van der Waals surface area contributed by atoms with E-state index in [1.807, 2.05) is 77.9 Å². The lowest BCUT2D eigenvalue weighted by Crippen LogP contribution is -2.52. The van der Waals surface area contributed by atoms with Crippen LogP contribution in [-0.2, 0) is 4.74 Å². The summed E-state index contributed by atoms with van der Waals surface area (Å²) >= 11 is 0. The van der Waals surface area contributed by atoms with Gasteiger partial charge >= 0.3 is 6.09 Å². The second-order valence-corrected chi connectivity index (χ2v) is 12.4. The van der Waals surface area contributed by atoms with E-state index in [2.05, 4.69) is 32.3 Å². The number of nitrogens with one attached hydrogen (secondary N) is 1. The lowest BCUT2D eigenvalue weighted by molar-refractivity contribution is 0.00176. The Bertz CT molecular complexity index is 1800. The molecule has 1 aliphatic rings. The quantitative estimate of drug-likeness (QED) is 0.257. The minimum absolute atomic E-state index is 0.217. The van der Waals surface area contributed by atoms with Crippen molar-refractivity contribution in [3.63, 3.8) is 0 Å². The van der Waals surface area contributed by atoms with E-state index in [1.165, 1.54) is 4.90 Å². The molecule has 1 saturated heterocycles. The maximum absolute atomic E-state index is 12.7. The minimum Gasteiger partial charge on any atom is -0.444 e. The van der Waals surface area contributed by atoms with Gasteiger partial charge in [0.05, 0.1) is 35.3 Å². The molecule has 0 saturated carbocycles. The van der Waals surface area contributed by atoms with E-state index >= 15 is 0 Å². The van der Waals surface area contributed by atoms with Gasteiger partial charge in [-0.05, 0) is 77.8 Å². The largest absolute Gasteiger partial charge is 0.444 e. The van der Waals surface area contributed by atoms with E-state index in [9.17, 15) is 9.90 Å². The first-order valence-electron chi connectivity index (χ1n) is 14.7. The third kappa shape index (κ3) is 5.87. The summed E-state index contributed by atoms with van der Waals surface area (Å²) < 4.78 is 13.0. The van der Waals surface area contributed by atoms with Crippen molar-refractivity contribution in [1.82, 2.24) is 29.6 Å². The van der Waals surface area contributed by atoms with Gasteiger partial charge in [-0.15, -0.1) is 0 Å². The van der Waals surface area contributed by atoms with E-state index in [4.69, 9.17) is 19.2 Å². The van der Waals surface area contributed by atoms with Gasteiger partial charge < -0.3 is 29.2 Å². The number of hydrogen-bond acceptors (Lipinski definition) is 9. The van der Waals surface area contributed by atoms with Crippen molar-refractivity contribution in [2.75, 3.05) is 18.4 Å². The van der Waals surface area contributed by atoms with Crippen molar-refractivity contribution in [2.45, 2.75) is 65.7 Å². The summed E-state index contributed by atoms with van der Waals surface area (Å²) in [6.45, 7) is 11.8. The summed E-state index contributed by atoms with van der Waals surface area (Å²) in [5.41, 5.74) is 6.13. The molecule has 6 rings (SSSR count). The molecule has 2 atom stereocenters. The van der Waals surface area contributed by atoms with Crippen LogP contribution in [0.1, 0.15) is 44.2 Å². The van der Waals surface area contributed by atoms with E-state index in [-0.39, 0.29) is 12.6 Å². The molecule has 0 aliphatic carbocycles. The number of nitrogens with zero attached hydrogens (tertiary/aromatic N) is 6. The predicted molar refractivity (Wildman–Crippen MR) is 168 cm³/mol. The van der Waals surface area contributed by atoms with Gasteiger partial charge in [0.25, 0.3) is 0 Å². The van der Waals surface area contributed by atoms with Gasteiger partial charge in [0.2, 0.25) is 5.95 Å². The number of hydrogen-bond donors (Lipinski definition) is 2. The summed E-state index contributed by atoms with van der Waals surface area (Å²) in [5, 5.41) is 19.0. The molecule has 11 nitrogen and oxygen atoms in total. The number of anilines is 1. The standard InChI is InChI=1S/C33H37N7O4/c1-19-15-34-31(35-22-14-24(41)17-39(16-22)32(42)43-33(4,5)6)37-29(19)26-18-40(23-10-8-7-9-11-23)30-25(26)12-13-27(36-30)28-20(2)38-44-21(28)3/h7-13,15,18,22,24,41H,14,16-17H2,1-6H3,(H,34,35,37)/t22-,24+/m0/s1. The number of carbonyl (C=O) groups excluding carboxylic acids is 1. The average molecular weight is 596 g/mol. The van der Waals surface area contributed by atoms with Gasteiger partial charge in [-0.2, -0.15) is 0 Å². The van der Waals surface area contributed by atoms with Crippen LogP contribution < -0.4 is 5.32 Å². The Morgan fingerprint density at radius 3 is 2.55 bits per heavy atom. The fourth-order valence-electron chi connectivity index (χ4n) is 5.68. The van der Waals surface area contributed by atoms with Gasteiger partial charge in [-0.25, -0.2) is 19.7 Å². The number of fused-ring (bicyclic) bond motifs is 1. The van der Waals surface area contributed by atoms with Crippen molar-refractivity contribution in [3.8, 4) is 28.2 Å². The van der Waals surface area contributed by atoms with E-state index in [0.717, 1.165) is 50.5 Å². The molecule has 1 amide bonds. The Morgan fingerprint density at radius 2 is 1.84 bits per heavy atom. The first-order valence-corrected chi connectivity index (χ1v) is 14.7. The third-order valence-electron chi connectivity index (χ3n) is 7.62. The van der Waals surface area contributed by atoms with Gasteiger partial charge in [-0.3, -0.25) is 0 Å². The number of para-hydroxylation sites is 1. The SMILES string of the molecule is Cc1cnc(N[C@H]2C[C@@H](O)CN(C(=O)OC(C)(C)C)C2)nc1-c1cn(-c2ccccc2)c2nc(-c3c(C)noc3C)ccc12. The van der Waals surface area contributed by atoms with E-state index in [0.29, 0.717) is 24.7 Å². The number of aromatic nitrogens is 5. The van der Waals surface area contributed by atoms with Gasteiger partial charge in [-0.1, -0.05) is 23.4 Å². The number of piperidine rings is 1. The number of carbonyl (C=O) groups is 1. The molecule has 5 heterocycles. The summed E-state index contributed by atoms with van der Waals surface area (Å²) in [4.78, 5) is 28.9. The highest BCUT2D eigenvalue weighted by Crippen LogP contribution is 2.35. The molecule has 1 aromatic carbocycles. The zero-order chi connectivity index (χ0) is 31.2. The molecule has 44 heavy (non-hydrogen) atoms. The fourth-order valence-corrected chi connectivity index (χ4v) is 5.68. The number of pyridine rings is 1. The second kappa shape index (κ2) is 11.4. The maximum Gasteiger partial charge on any atom is 0.410 e. The van der Waals surface area contributed by atoms with Crippen LogP contribution in [0.4, 0.5) is 10.7 Å². The third-order valence-corrected chi connectivity index (χ3v) is 7.62. The van der Waals surface area contributed by atoms with Crippen LogP contribution in [-0.4, -0.2) is 71.6 Å². The normalized spacial score (nSPS) is 17.2. The predicted octanol–water partition coefficient (Wildman–Crippen LogP) is 5.84. The number of amides is 1. The van der Waals surface area contributed by atoms with Crippen molar-refractivity contribution >= 4 is 23.1 Å². The molecule has 11 heteroatoms. The zero-order valence-corrected chi connectivity index (χ0v) is 25.8. The van der Waals surface area contributed by atoms with Crippen molar-refractivity contribution in [1.29, 1.82) is 0 Å². The van der Waals surface area contributed by atoms with Crippen LogP contribution in [0.15, 0.2) is 59.4 Å². The Morgan fingerprint density at radius 1 is 1.07 bits per heavy atom. The van der Waals surface area contributed by atoms with Gasteiger partial charge in [0.15, 0.2) is 0 Å². The summed E-state index contributed by atoms with van der Waals surface area (Å²) in [7, 11) is 0. The van der Waals surface area contributed by atoms with Crippen molar-refractivity contribution in [3.05, 3.63) is 71.9 Å². The number of likely N-dealkylation sites (tertiary alicyclic amines) is 1. The first kappa shape index (κ1) is 29.3. The molecular formula is C33H37N7O4. The van der Waals surface area contributed by atoms with Crippen LogP contribution in [0.5, 0.6) is 0 Å². The molecular weight excluding hydrogens is 558 g/mol. The lowest BCUT2D eigenvalue weighted by Gasteiger charge is -2.36. The number of rotatable bonds is 5. The Hall–Kier alpha value is -4.77. The van der Waals surface area contributed by atoms with Crippen LogP contribution >= 0.6 is 0 Å². The summed E-state index contributed by atoms with van der Waals surface area (Å²) in [5.74, 6) is 1.13. The highest BCUT2D eigenvalue weighted by molar-refractivity contribution is 5.96. The number of aliphatic hydroxyl groups is 1. The molecule has 4 aromatic heterocycles. The van der Waals surface area contributed by atoms with Crippen molar-refractivity contribution in [2.24, 2.45) is 0 Å². The van der Waals surface area contributed by atoms with Gasteiger partial charge in [0.1, 0.15) is 17.0 Å². The first-order chi connectivity index (χ1) is 21.0. The molecule has 1 aliphatic heterocycles. The molecule has 2 N–H and O–H groups in total. The molecule has 228 valence electrons. The Kier molecular flexibility index (Phi) is 7.58. The number of benzene rings is 1. The van der Waals surface area contributed by atoms with Crippen LogP contribution in [0.25, 0.3) is 39.2 Å². The molecule has 0 unspecified atom stereocenters. The molecule has 0 spiro atoms. The van der Waals surface area contributed by atoms with E-state index < -0.39 is 17.8 Å². The number of ether oxygens (including phenoxy) is 1. The molecule has 1 fully saturated rings. The lowest BCUT2D eigenvalue weighted by atomic mass is 10.0. The Balaban J connectivity index is 1.37. The van der Waals surface area contributed by atoms with Crippen LogP contribution in [0.3, 0.4) is 0 Å². The topological polar surface area (TPSA) is 131 Å². The van der Waals surface area contributed by atoms with Crippen LogP contribution in [0, 0.1) is 20.8 Å². The van der Waals surface area contributed by atoms with Crippen LogP contribution in [0.2, 0.25) is 0 Å². The fraction of sp³-hybridized carbons (Fsp3) is 0.364. The zero-order valence-electron chi connectivity index (χ0n) is 25.8. The summed E-state index contributed by atoms with van der Waals surface area (Å²) in [6.07, 6.45) is 3.14. The highest BCUT2D eigenvalue weighted by atomic mass is 16.6. The number of aliphatic hydroxyl groups excluding tert-OH is 1. The molecule has 0 bridgehead atoms. The number of aryl methyl sites for hydroxylation is 3. The highest BCUT2D eigenvalue weighted by Gasteiger charge is 2.32. The Labute approximate surface area is 255 Å². The van der Waals surface area contributed by atoms with Gasteiger partial charge in [0, 0.05) is 41.6 Å². The molecule has 0 radical (unpaired) electrons. The second-order valence-electron chi connectivity index (χ2n) is 12.4. The summed E-state index contributed by atoms with van der Waals surface area (Å²) in [6, 6.07) is 13.8. The number of β-amino-alcohol motifs (C(OH)–C–C–N with tert-alkyl or cyclic N) is 1. The van der Waals surface area contributed by atoms with Crippen molar-refractivity contribution < 1.29 is 19.2 Å².